The quantitative estimate of drug-likeness (QED) is 0.103. The number of sulfone groups is 1. The minimum Gasteiger partial charge on any atom is -0.380 e. The molecule has 1 saturated carbocycles. The highest BCUT2D eigenvalue weighted by molar-refractivity contribution is 7.89. The Morgan fingerprint density at radius 1 is 1.08 bits per heavy atom. The fraction of sp³-hybridized carbons (Fsp3) is 0.415. The lowest BCUT2D eigenvalue weighted by Crippen LogP contribution is -2.24. The molecule has 310 valence electrons. The van der Waals surface area contributed by atoms with Gasteiger partial charge < -0.3 is 4.74 Å². The first-order valence-electron chi connectivity index (χ1n) is 18.7. The van der Waals surface area contributed by atoms with Gasteiger partial charge in [-0.3, -0.25) is 14.2 Å². The summed E-state index contributed by atoms with van der Waals surface area (Å²) in [5, 5.41) is 8.50. The number of halogens is 8. The topological polar surface area (TPSA) is 109 Å². The van der Waals surface area contributed by atoms with Crippen LogP contribution in [0.3, 0.4) is 0 Å². The number of rotatable bonds is 10. The summed E-state index contributed by atoms with van der Waals surface area (Å²) < 4.78 is 135. The summed E-state index contributed by atoms with van der Waals surface area (Å²) in [6, 6.07) is 9.27. The van der Waals surface area contributed by atoms with Crippen LogP contribution in [0, 0.1) is 35.3 Å². The molecule has 0 spiro atoms. The van der Waals surface area contributed by atoms with Crippen molar-refractivity contribution in [3.63, 3.8) is 0 Å². The first kappa shape index (κ1) is 41.0. The van der Waals surface area contributed by atoms with Crippen molar-refractivity contribution in [1.82, 2.24) is 24.5 Å². The van der Waals surface area contributed by atoms with Crippen LogP contribution in [0.15, 0.2) is 42.5 Å². The number of fused-ring (bicyclic) bond motifs is 4. The molecule has 1 aliphatic heterocycles. The van der Waals surface area contributed by atoms with E-state index in [1.54, 1.807) is 25.2 Å². The van der Waals surface area contributed by atoms with Gasteiger partial charge in [-0.15, -0.1) is 0 Å². The van der Waals surface area contributed by atoms with Gasteiger partial charge >= 0.3 is 6.18 Å². The molecular formula is C41H35ClF7N5O4S. The number of nitrogens with zero attached hydrogens (tertiary/aromatic N) is 5. The molecule has 59 heavy (non-hydrogen) atoms. The van der Waals surface area contributed by atoms with E-state index in [-0.39, 0.29) is 46.4 Å². The minimum absolute atomic E-state index is 0.0959. The van der Waals surface area contributed by atoms with Crippen LogP contribution in [-0.4, -0.2) is 58.2 Å². The van der Waals surface area contributed by atoms with E-state index in [9.17, 15) is 35.2 Å². The van der Waals surface area contributed by atoms with E-state index in [1.807, 2.05) is 0 Å². The summed E-state index contributed by atoms with van der Waals surface area (Å²) in [5.41, 5.74) is -1.07. The van der Waals surface area contributed by atoms with Crippen LogP contribution in [0.5, 0.6) is 0 Å². The first-order chi connectivity index (χ1) is 27.8. The molecule has 0 radical (unpaired) electrons. The van der Waals surface area contributed by atoms with Gasteiger partial charge in [-0.05, 0) is 73.4 Å². The standard InChI is InChI=1S/C41H35ClF7N5O4S/c1-53-37-29(9-10-32(42)35(37)33(51-53)20-59(2,56)57)28-8-7-26(6-5-21-4-3-11-58-19-21)50-36(28)23(12-22-13-24(43)16-25(44)14-22)15-27(55)18-54-39-34(38(52-54)41(47,48)49)30-17-31(30)40(39,45)46/h7-10,13-14,16,21,23,30-31H,3-4,11-12,15,17-20H2,1-2H3/t21?,23-,30+,31-/m1/s1. The van der Waals surface area contributed by atoms with Gasteiger partial charge in [-0.2, -0.15) is 32.1 Å². The SMILES string of the molecule is Cn1nc(CS(C)(=O)=O)c2c(Cl)ccc(-c3ccc(C#CC4CCCOC4)nc3[C@@H](CC(=O)Cn3nc(C(F)(F)F)c4c3C(F)(F)[C@@H]3C[C@H]43)Cc3cc(F)cc(F)c3)c21. The molecular weight excluding hydrogens is 827 g/mol. The number of carbonyl (C=O) groups is 1. The molecule has 2 fully saturated rings. The Bertz CT molecular complexity index is 2680. The molecule has 5 aromatic rings. The summed E-state index contributed by atoms with van der Waals surface area (Å²) >= 11 is 6.65. The average Bonchev–Trinajstić information content (AvgIpc) is 3.68. The Hall–Kier alpha value is -4.79. The van der Waals surface area contributed by atoms with E-state index in [0.29, 0.717) is 46.0 Å². The van der Waals surface area contributed by atoms with Gasteiger partial charge in [0.15, 0.2) is 21.3 Å². The monoisotopic (exact) mass is 861 g/mol. The van der Waals surface area contributed by atoms with E-state index in [2.05, 4.69) is 22.0 Å². The predicted molar refractivity (Wildman–Crippen MR) is 202 cm³/mol. The van der Waals surface area contributed by atoms with Crippen molar-refractivity contribution in [3.8, 4) is 23.0 Å². The number of ketones is 1. The van der Waals surface area contributed by atoms with Gasteiger partial charge in [0.1, 0.15) is 29.6 Å². The molecule has 8 rings (SSSR count). The zero-order valence-electron chi connectivity index (χ0n) is 31.5. The maximum absolute atomic E-state index is 15.5. The number of alkyl halides is 5. The lowest BCUT2D eigenvalue weighted by atomic mass is 9.86. The second-order valence-electron chi connectivity index (χ2n) is 15.5. The Labute approximate surface area is 338 Å². The minimum atomic E-state index is -5.04. The molecule has 0 amide bonds. The number of aromatic nitrogens is 5. The molecule has 0 N–H and O–H groups in total. The van der Waals surface area contributed by atoms with Gasteiger partial charge in [0, 0.05) is 72.2 Å². The summed E-state index contributed by atoms with van der Waals surface area (Å²) in [7, 11) is -1.99. The fourth-order valence-corrected chi connectivity index (χ4v) is 9.48. The summed E-state index contributed by atoms with van der Waals surface area (Å²) in [6.45, 7) is 0.0749. The smallest absolute Gasteiger partial charge is 0.380 e. The summed E-state index contributed by atoms with van der Waals surface area (Å²) in [4.78, 5) is 19.0. The molecule has 4 atom stereocenters. The molecule has 2 aromatic carbocycles. The maximum Gasteiger partial charge on any atom is 0.435 e. The number of pyridine rings is 1. The molecule has 2 aliphatic carbocycles. The third-order valence-electron chi connectivity index (χ3n) is 11.0. The number of ether oxygens (including phenoxy) is 1. The summed E-state index contributed by atoms with van der Waals surface area (Å²) in [5.74, 6) is -3.99. The van der Waals surface area contributed by atoms with E-state index in [4.69, 9.17) is 21.3 Å². The van der Waals surface area contributed by atoms with Gasteiger partial charge in [-0.25, -0.2) is 22.2 Å². The first-order valence-corrected chi connectivity index (χ1v) is 21.2. The lowest BCUT2D eigenvalue weighted by Gasteiger charge is -2.22. The highest BCUT2D eigenvalue weighted by atomic mass is 35.5. The number of carbonyl (C=O) groups excluding carboxylic acids is 1. The number of aryl methyl sites for hydroxylation is 1. The Balaban J connectivity index is 1.27. The van der Waals surface area contributed by atoms with Crippen LogP contribution in [0.2, 0.25) is 5.02 Å². The third-order valence-corrected chi connectivity index (χ3v) is 12.1. The number of hydrogen-bond donors (Lipinski definition) is 0. The van der Waals surface area contributed by atoms with Crippen molar-refractivity contribution in [2.45, 2.75) is 68.3 Å². The van der Waals surface area contributed by atoms with E-state index in [0.717, 1.165) is 31.2 Å². The average molecular weight is 862 g/mol. The van der Waals surface area contributed by atoms with Crippen molar-refractivity contribution in [2.24, 2.45) is 18.9 Å². The van der Waals surface area contributed by atoms with E-state index >= 15 is 8.78 Å². The second kappa shape index (κ2) is 15.0. The maximum atomic E-state index is 15.5. The number of benzene rings is 2. The van der Waals surface area contributed by atoms with Crippen molar-refractivity contribution in [1.29, 1.82) is 0 Å². The Kier molecular flexibility index (Phi) is 10.4. The molecule has 3 aliphatic rings. The molecule has 18 heteroatoms. The van der Waals surface area contributed by atoms with Gasteiger partial charge in [-0.1, -0.05) is 23.6 Å². The third kappa shape index (κ3) is 8.11. The fourth-order valence-electron chi connectivity index (χ4n) is 8.52. The molecule has 1 saturated heterocycles. The molecule has 9 nitrogen and oxygen atoms in total. The van der Waals surface area contributed by atoms with Crippen LogP contribution < -0.4 is 0 Å². The van der Waals surface area contributed by atoms with Crippen molar-refractivity contribution >= 4 is 38.1 Å². The molecule has 4 heterocycles. The van der Waals surface area contributed by atoms with Crippen LogP contribution >= 0.6 is 11.6 Å². The van der Waals surface area contributed by atoms with E-state index in [1.165, 1.54) is 10.7 Å². The summed E-state index contributed by atoms with van der Waals surface area (Å²) in [6.07, 6.45) is -3.30. The van der Waals surface area contributed by atoms with Crippen molar-refractivity contribution in [3.05, 3.63) is 98.7 Å². The van der Waals surface area contributed by atoms with Crippen molar-refractivity contribution in [2.75, 3.05) is 19.5 Å². The van der Waals surface area contributed by atoms with Crippen LogP contribution in [0.25, 0.3) is 22.0 Å². The second-order valence-corrected chi connectivity index (χ2v) is 18.1. The zero-order valence-corrected chi connectivity index (χ0v) is 33.1. The molecule has 0 bridgehead atoms. The Morgan fingerprint density at radius 2 is 1.81 bits per heavy atom. The lowest BCUT2D eigenvalue weighted by molar-refractivity contribution is -0.142. The largest absolute Gasteiger partial charge is 0.435 e. The van der Waals surface area contributed by atoms with Crippen LogP contribution in [0.1, 0.15) is 77.1 Å². The highest BCUT2D eigenvalue weighted by Crippen LogP contribution is 2.68. The zero-order chi connectivity index (χ0) is 42.2. The predicted octanol–water partition coefficient (Wildman–Crippen LogP) is 8.30. The molecule has 1 unspecified atom stereocenters. The number of Topliss-reactive ketones (excluding diaryl/α,β-unsaturated/α-hetero) is 1. The van der Waals surface area contributed by atoms with E-state index < -0.39 is 92.8 Å². The van der Waals surface area contributed by atoms with Gasteiger partial charge in [0.05, 0.1) is 34.3 Å². The van der Waals surface area contributed by atoms with Gasteiger partial charge in [0.25, 0.3) is 5.92 Å². The van der Waals surface area contributed by atoms with Crippen LogP contribution in [-0.2, 0) is 57.2 Å². The van der Waals surface area contributed by atoms with Crippen molar-refractivity contribution < 1.29 is 48.7 Å². The molecule has 3 aromatic heterocycles. The van der Waals surface area contributed by atoms with Gasteiger partial charge in [0.2, 0.25) is 0 Å². The van der Waals surface area contributed by atoms with Crippen LogP contribution in [0.4, 0.5) is 30.7 Å². The number of hydrogen-bond acceptors (Lipinski definition) is 7. The normalized spacial score (nSPS) is 20.2. The highest BCUT2D eigenvalue weighted by Gasteiger charge is 2.68. The Morgan fingerprint density at radius 3 is 2.49 bits per heavy atom.